The van der Waals surface area contributed by atoms with E-state index >= 15 is 0 Å². The number of rotatable bonds is 7. The van der Waals surface area contributed by atoms with E-state index in [-0.39, 0.29) is 39.6 Å². The molecule has 0 saturated carbocycles. The number of benzene rings is 1. The Kier molecular flexibility index (Phi) is 7.14. The van der Waals surface area contributed by atoms with Gasteiger partial charge in [0.15, 0.2) is 9.84 Å². The summed E-state index contributed by atoms with van der Waals surface area (Å²) >= 11 is 2.37. The van der Waals surface area contributed by atoms with Gasteiger partial charge in [-0.05, 0) is 32.4 Å². The Balaban J connectivity index is 2.23. The molecular weight excluding hydrogens is 469 g/mol. The minimum absolute atomic E-state index is 0.0330. The lowest BCUT2D eigenvalue weighted by Gasteiger charge is -2.27. The van der Waals surface area contributed by atoms with Crippen LogP contribution in [-0.2, 0) is 9.84 Å². The van der Waals surface area contributed by atoms with E-state index in [1.165, 1.54) is 19.2 Å². The maximum Gasteiger partial charge on any atom is 0.255 e. The molecular formula is C17H26IN3O4S. The van der Waals surface area contributed by atoms with Crippen LogP contribution in [0.1, 0.15) is 37.0 Å². The zero-order valence-corrected chi connectivity index (χ0v) is 18.3. The van der Waals surface area contributed by atoms with Gasteiger partial charge in [0.1, 0.15) is 5.75 Å². The minimum atomic E-state index is -3.53. The number of nitrogens with two attached hydrogens (primary N) is 1. The summed E-state index contributed by atoms with van der Waals surface area (Å²) in [7, 11) is -2.10. The maximum absolute atomic E-state index is 12.7. The number of sulfone groups is 1. The molecule has 1 saturated heterocycles. The lowest BCUT2D eigenvalue weighted by Crippen LogP contribution is -2.42. The molecule has 1 fully saturated rings. The topological polar surface area (TPSA) is 102 Å². The third kappa shape index (κ3) is 4.61. The monoisotopic (exact) mass is 495 g/mol. The number of hydrogen-bond acceptors (Lipinski definition) is 6. The first-order valence-electron chi connectivity index (χ1n) is 8.59. The van der Waals surface area contributed by atoms with Crippen molar-refractivity contribution < 1.29 is 17.9 Å². The van der Waals surface area contributed by atoms with Crippen LogP contribution in [0.25, 0.3) is 0 Å². The first kappa shape index (κ1) is 21.2. The number of carbonyl (C=O) groups excluding carboxylic acids is 1. The van der Waals surface area contributed by atoms with Crippen molar-refractivity contribution in [3.05, 3.63) is 17.7 Å². The van der Waals surface area contributed by atoms with Crippen molar-refractivity contribution in [1.29, 1.82) is 0 Å². The Bertz CT molecular complexity index is 768. The van der Waals surface area contributed by atoms with E-state index in [2.05, 4.69) is 39.7 Å². The summed E-state index contributed by atoms with van der Waals surface area (Å²) in [5.74, 6) is -0.183. The number of nitrogens with zero attached hydrogens (tertiary/aromatic N) is 1. The lowest BCUT2D eigenvalue weighted by molar-refractivity contribution is 0.0937. The van der Waals surface area contributed by atoms with Crippen LogP contribution in [0.2, 0.25) is 0 Å². The average Bonchev–Trinajstić information content (AvgIpc) is 3.07. The molecule has 146 valence electrons. The average molecular weight is 495 g/mol. The van der Waals surface area contributed by atoms with Crippen LogP contribution in [0.15, 0.2) is 17.0 Å². The Morgan fingerprint density at radius 3 is 2.77 bits per heavy atom. The predicted molar refractivity (Wildman–Crippen MR) is 111 cm³/mol. The van der Waals surface area contributed by atoms with Gasteiger partial charge in [0.05, 0.1) is 33.1 Å². The molecule has 0 radical (unpaired) electrons. The quantitative estimate of drug-likeness (QED) is 0.260. The highest BCUT2D eigenvalue weighted by Gasteiger charge is 2.28. The fourth-order valence-corrected chi connectivity index (χ4v) is 4.96. The van der Waals surface area contributed by atoms with Gasteiger partial charge in [-0.3, -0.25) is 9.69 Å². The molecule has 7 nitrogen and oxygen atoms in total. The summed E-state index contributed by atoms with van der Waals surface area (Å²) < 4.78 is 30.1. The van der Waals surface area contributed by atoms with Crippen molar-refractivity contribution in [3.63, 3.8) is 0 Å². The van der Waals surface area contributed by atoms with Crippen LogP contribution in [0.3, 0.4) is 0 Å². The molecule has 2 unspecified atom stereocenters. The molecule has 9 heteroatoms. The van der Waals surface area contributed by atoms with Crippen molar-refractivity contribution in [1.82, 2.24) is 10.2 Å². The van der Waals surface area contributed by atoms with Crippen molar-refractivity contribution in [2.75, 3.05) is 31.7 Å². The number of methoxy groups -OCH3 is 1. The number of ether oxygens (including phenoxy) is 1. The molecule has 1 aromatic carbocycles. The zero-order valence-electron chi connectivity index (χ0n) is 15.3. The summed E-state index contributed by atoms with van der Waals surface area (Å²) in [4.78, 5) is 15.0. The van der Waals surface area contributed by atoms with Crippen LogP contribution < -0.4 is 15.8 Å². The van der Waals surface area contributed by atoms with Gasteiger partial charge in [0.2, 0.25) is 0 Å². The fourth-order valence-electron chi connectivity index (χ4n) is 3.20. The second-order valence-corrected chi connectivity index (χ2v) is 10.4. The van der Waals surface area contributed by atoms with Crippen molar-refractivity contribution >= 4 is 44.0 Å². The second kappa shape index (κ2) is 8.75. The molecule has 0 aromatic heterocycles. The summed E-state index contributed by atoms with van der Waals surface area (Å²) in [6.45, 7) is 5.20. The molecule has 0 aliphatic carbocycles. The van der Waals surface area contributed by atoms with Crippen LogP contribution in [0.4, 0.5) is 5.69 Å². The van der Waals surface area contributed by atoms with Gasteiger partial charge in [-0.25, -0.2) is 8.42 Å². The summed E-state index contributed by atoms with van der Waals surface area (Å²) in [6.07, 6.45) is 2.14. The normalized spacial score (nSPS) is 19.3. The molecule has 1 aliphatic rings. The SMILES string of the molecule is CCS(=O)(=O)c1cc(C(=O)NCC2CCCN2C(C)I)c(OC)cc1N. The summed E-state index contributed by atoms with van der Waals surface area (Å²) in [5.41, 5.74) is 6.12. The van der Waals surface area contributed by atoms with E-state index in [0.29, 0.717) is 10.6 Å². The Hall–Kier alpha value is -1.07. The van der Waals surface area contributed by atoms with Crippen LogP contribution in [-0.4, -0.2) is 55.3 Å². The molecule has 26 heavy (non-hydrogen) atoms. The number of amides is 1. The molecule has 0 spiro atoms. The molecule has 1 aliphatic heterocycles. The fraction of sp³-hybridized carbons (Fsp3) is 0.588. The van der Waals surface area contributed by atoms with E-state index in [9.17, 15) is 13.2 Å². The zero-order chi connectivity index (χ0) is 19.5. The number of alkyl halides is 1. The molecule has 1 heterocycles. The number of anilines is 1. The van der Waals surface area contributed by atoms with Gasteiger partial charge in [-0.2, -0.15) is 0 Å². The van der Waals surface area contributed by atoms with Gasteiger partial charge in [0, 0.05) is 18.7 Å². The highest BCUT2D eigenvalue weighted by molar-refractivity contribution is 14.1. The lowest BCUT2D eigenvalue weighted by atomic mass is 10.1. The maximum atomic E-state index is 12.7. The van der Waals surface area contributed by atoms with Crippen LogP contribution >= 0.6 is 22.6 Å². The first-order chi connectivity index (χ1) is 12.2. The predicted octanol–water partition coefficient (Wildman–Crippen LogP) is 2.05. The number of nitrogens with one attached hydrogen (secondary N) is 1. The number of halogens is 1. The highest BCUT2D eigenvalue weighted by Crippen LogP contribution is 2.29. The van der Waals surface area contributed by atoms with E-state index < -0.39 is 9.84 Å². The second-order valence-electron chi connectivity index (χ2n) is 6.31. The Morgan fingerprint density at radius 1 is 1.50 bits per heavy atom. The molecule has 1 aromatic rings. The van der Waals surface area contributed by atoms with E-state index in [1.54, 1.807) is 6.92 Å². The van der Waals surface area contributed by atoms with E-state index in [1.807, 2.05) is 0 Å². The molecule has 2 rings (SSSR count). The van der Waals surface area contributed by atoms with Gasteiger partial charge >= 0.3 is 0 Å². The standard InChI is InChI=1S/C17H26IN3O4S/c1-4-26(23,24)16-8-13(15(25-3)9-14(16)19)17(22)20-10-12-6-5-7-21(12)11(2)18/h8-9,11-12H,4-7,10,19H2,1-3H3,(H,20,22). The largest absolute Gasteiger partial charge is 0.496 e. The molecule has 0 bridgehead atoms. The minimum Gasteiger partial charge on any atom is -0.496 e. The van der Waals surface area contributed by atoms with Gasteiger partial charge in [-0.15, -0.1) is 0 Å². The van der Waals surface area contributed by atoms with Crippen molar-refractivity contribution in [2.24, 2.45) is 0 Å². The third-order valence-electron chi connectivity index (χ3n) is 4.67. The summed E-state index contributed by atoms with van der Waals surface area (Å²) in [5, 5.41) is 2.92. The smallest absolute Gasteiger partial charge is 0.255 e. The summed E-state index contributed by atoms with van der Waals surface area (Å²) in [6, 6.07) is 2.99. The van der Waals surface area contributed by atoms with Crippen molar-refractivity contribution in [2.45, 2.75) is 41.7 Å². The number of carbonyl (C=O) groups is 1. The van der Waals surface area contributed by atoms with Gasteiger partial charge in [0.25, 0.3) is 5.91 Å². The van der Waals surface area contributed by atoms with Gasteiger partial charge in [-0.1, -0.05) is 29.5 Å². The van der Waals surface area contributed by atoms with Crippen LogP contribution in [0.5, 0.6) is 5.75 Å². The third-order valence-corrected chi connectivity index (χ3v) is 7.17. The molecule has 3 N–H and O–H groups in total. The molecule has 2 atom stereocenters. The first-order valence-corrected chi connectivity index (χ1v) is 11.5. The van der Waals surface area contributed by atoms with Crippen LogP contribution in [0, 0.1) is 0 Å². The Labute approximate surface area is 168 Å². The van der Waals surface area contributed by atoms with E-state index in [4.69, 9.17) is 10.5 Å². The van der Waals surface area contributed by atoms with Crippen molar-refractivity contribution in [3.8, 4) is 5.75 Å². The van der Waals surface area contributed by atoms with Gasteiger partial charge < -0.3 is 15.8 Å². The Morgan fingerprint density at radius 2 is 2.19 bits per heavy atom. The van der Waals surface area contributed by atoms with E-state index in [0.717, 1.165) is 19.4 Å². The number of nitrogen functional groups attached to an aromatic ring is 1. The highest BCUT2D eigenvalue weighted by atomic mass is 127. The number of likely N-dealkylation sites (tertiary alicyclic amines) is 1. The molecule has 1 amide bonds. The number of hydrogen-bond donors (Lipinski definition) is 2.